The number of aromatic nitrogens is 2. The first-order chi connectivity index (χ1) is 11.4. The third-order valence-electron chi connectivity index (χ3n) is 4.94. The molecule has 1 aliphatic rings. The second-order valence-electron chi connectivity index (χ2n) is 6.49. The Morgan fingerprint density at radius 3 is 2.00 bits per heavy atom. The minimum atomic E-state index is 0.0365. The summed E-state index contributed by atoms with van der Waals surface area (Å²) in [6, 6.07) is 3.77. The van der Waals surface area contributed by atoms with Gasteiger partial charge in [-0.1, -0.05) is 0 Å². The summed E-state index contributed by atoms with van der Waals surface area (Å²) in [5, 5.41) is 0. The van der Waals surface area contributed by atoms with E-state index in [0.717, 1.165) is 17.0 Å². The van der Waals surface area contributed by atoms with Crippen molar-refractivity contribution in [2.45, 2.75) is 13.8 Å². The molecule has 0 atom stereocenters. The normalized spacial score (nSPS) is 15.0. The van der Waals surface area contributed by atoms with E-state index in [1.807, 2.05) is 71.4 Å². The second kappa shape index (κ2) is 6.19. The Bertz CT molecular complexity index is 779. The molecule has 0 bridgehead atoms. The van der Waals surface area contributed by atoms with Crippen LogP contribution in [0.2, 0.25) is 0 Å². The summed E-state index contributed by atoms with van der Waals surface area (Å²) >= 11 is 0. The van der Waals surface area contributed by atoms with Crippen molar-refractivity contribution in [3.63, 3.8) is 0 Å². The van der Waals surface area contributed by atoms with Gasteiger partial charge in [0.25, 0.3) is 11.8 Å². The molecule has 3 heterocycles. The van der Waals surface area contributed by atoms with E-state index in [0.29, 0.717) is 31.7 Å². The Morgan fingerprint density at radius 1 is 0.958 bits per heavy atom. The monoisotopic (exact) mass is 328 g/mol. The molecule has 6 heteroatoms. The van der Waals surface area contributed by atoms with Gasteiger partial charge in [0, 0.05) is 64.1 Å². The predicted octanol–water partition coefficient (Wildman–Crippen LogP) is 1.58. The van der Waals surface area contributed by atoms with E-state index in [1.165, 1.54) is 0 Å². The van der Waals surface area contributed by atoms with Crippen LogP contribution in [-0.4, -0.2) is 56.9 Å². The molecule has 1 fully saturated rings. The van der Waals surface area contributed by atoms with Crippen LogP contribution in [0.1, 0.15) is 32.1 Å². The zero-order valence-electron chi connectivity index (χ0n) is 14.7. The number of carbonyl (C=O) groups is 2. The van der Waals surface area contributed by atoms with E-state index in [4.69, 9.17) is 0 Å². The zero-order valence-corrected chi connectivity index (χ0v) is 14.7. The molecule has 2 amide bonds. The number of hydrogen-bond acceptors (Lipinski definition) is 2. The van der Waals surface area contributed by atoms with Crippen LogP contribution in [0.5, 0.6) is 0 Å². The quantitative estimate of drug-likeness (QED) is 0.840. The van der Waals surface area contributed by atoms with Crippen molar-refractivity contribution in [2.24, 2.45) is 14.1 Å². The Kier molecular flexibility index (Phi) is 4.22. The fraction of sp³-hybridized carbons (Fsp3) is 0.444. The lowest BCUT2D eigenvalue weighted by atomic mass is 10.2. The van der Waals surface area contributed by atoms with Gasteiger partial charge in [-0.2, -0.15) is 0 Å². The number of rotatable bonds is 2. The number of carbonyl (C=O) groups excluding carboxylic acids is 2. The molecular formula is C18H24N4O2. The zero-order chi connectivity index (χ0) is 17.4. The fourth-order valence-corrected chi connectivity index (χ4v) is 3.17. The summed E-state index contributed by atoms with van der Waals surface area (Å²) in [5.74, 6) is 0.0949. The molecule has 0 saturated carbocycles. The number of hydrogen-bond donors (Lipinski definition) is 0. The Hall–Kier alpha value is -2.50. The Morgan fingerprint density at radius 2 is 1.54 bits per heavy atom. The van der Waals surface area contributed by atoms with Crippen LogP contribution in [0.3, 0.4) is 0 Å². The van der Waals surface area contributed by atoms with Gasteiger partial charge in [-0.25, -0.2) is 0 Å². The fourth-order valence-electron chi connectivity index (χ4n) is 3.17. The van der Waals surface area contributed by atoms with Crippen LogP contribution < -0.4 is 0 Å². The summed E-state index contributed by atoms with van der Waals surface area (Å²) in [5.41, 5.74) is 3.53. The molecule has 0 aromatic carbocycles. The average molecular weight is 328 g/mol. The summed E-state index contributed by atoms with van der Waals surface area (Å²) in [6.45, 7) is 6.26. The SMILES string of the molecule is Cc1cc(C(=O)N2CCN(C(=O)c3ccn(C)c3)CC2)c(C)n1C. The highest BCUT2D eigenvalue weighted by atomic mass is 16.2. The van der Waals surface area contributed by atoms with Crippen molar-refractivity contribution in [3.8, 4) is 0 Å². The first-order valence-electron chi connectivity index (χ1n) is 8.22. The third kappa shape index (κ3) is 2.84. The third-order valence-corrected chi connectivity index (χ3v) is 4.94. The molecule has 2 aromatic rings. The summed E-state index contributed by atoms with van der Waals surface area (Å²) in [6.07, 6.45) is 3.70. The maximum Gasteiger partial charge on any atom is 0.255 e. The summed E-state index contributed by atoms with van der Waals surface area (Å²) in [4.78, 5) is 28.9. The van der Waals surface area contributed by atoms with Crippen LogP contribution in [0.15, 0.2) is 24.5 Å². The number of nitrogens with zero attached hydrogens (tertiary/aromatic N) is 4. The Labute approximate surface area is 142 Å². The molecule has 0 N–H and O–H groups in total. The van der Waals surface area contributed by atoms with E-state index in [9.17, 15) is 9.59 Å². The lowest BCUT2D eigenvalue weighted by Crippen LogP contribution is -2.50. The van der Waals surface area contributed by atoms with Crippen molar-refractivity contribution < 1.29 is 9.59 Å². The van der Waals surface area contributed by atoms with Crippen LogP contribution in [-0.2, 0) is 14.1 Å². The number of amides is 2. The number of aryl methyl sites for hydroxylation is 2. The summed E-state index contributed by atoms with van der Waals surface area (Å²) < 4.78 is 3.90. The predicted molar refractivity (Wildman–Crippen MR) is 92.1 cm³/mol. The van der Waals surface area contributed by atoms with Gasteiger partial charge in [0.2, 0.25) is 0 Å². The largest absolute Gasteiger partial charge is 0.356 e. The minimum Gasteiger partial charge on any atom is -0.356 e. The lowest BCUT2D eigenvalue weighted by Gasteiger charge is -2.34. The molecule has 3 rings (SSSR count). The van der Waals surface area contributed by atoms with Crippen molar-refractivity contribution in [2.75, 3.05) is 26.2 Å². The molecule has 24 heavy (non-hydrogen) atoms. The van der Waals surface area contributed by atoms with Crippen molar-refractivity contribution in [3.05, 3.63) is 47.0 Å². The first-order valence-corrected chi connectivity index (χ1v) is 8.22. The lowest BCUT2D eigenvalue weighted by molar-refractivity contribution is 0.0535. The van der Waals surface area contributed by atoms with Gasteiger partial charge in [-0.05, 0) is 26.0 Å². The van der Waals surface area contributed by atoms with Crippen LogP contribution >= 0.6 is 0 Å². The van der Waals surface area contributed by atoms with Gasteiger partial charge in [0.15, 0.2) is 0 Å². The molecular weight excluding hydrogens is 304 g/mol. The average Bonchev–Trinajstić information content (AvgIpc) is 3.13. The molecule has 2 aromatic heterocycles. The van der Waals surface area contributed by atoms with E-state index in [2.05, 4.69) is 0 Å². The van der Waals surface area contributed by atoms with Gasteiger partial charge < -0.3 is 18.9 Å². The second-order valence-corrected chi connectivity index (χ2v) is 6.49. The van der Waals surface area contributed by atoms with Gasteiger partial charge in [-0.15, -0.1) is 0 Å². The molecule has 128 valence electrons. The van der Waals surface area contributed by atoms with Gasteiger partial charge in [-0.3, -0.25) is 9.59 Å². The van der Waals surface area contributed by atoms with Crippen LogP contribution in [0.25, 0.3) is 0 Å². The number of piperazine rings is 1. The van der Waals surface area contributed by atoms with E-state index >= 15 is 0 Å². The van der Waals surface area contributed by atoms with E-state index in [1.54, 1.807) is 0 Å². The van der Waals surface area contributed by atoms with E-state index in [-0.39, 0.29) is 11.8 Å². The Balaban J connectivity index is 1.65. The standard InChI is InChI=1S/C18H24N4O2/c1-13-11-16(14(2)20(13)4)18(24)22-9-7-21(8-10-22)17(23)15-5-6-19(3)12-15/h5-6,11-12H,7-10H2,1-4H3. The van der Waals surface area contributed by atoms with Crippen molar-refractivity contribution in [1.82, 2.24) is 18.9 Å². The topological polar surface area (TPSA) is 50.5 Å². The maximum absolute atomic E-state index is 12.7. The van der Waals surface area contributed by atoms with Crippen LogP contribution in [0.4, 0.5) is 0 Å². The molecule has 6 nitrogen and oxygen atoms in total. The molecule has 1 aliphatic heterocycles. The van der Waals surface area contributed by atoms with Gasteiger partial charge in [0.05, 0.1) is 11.1 Å². The van der Waals surface area contributed by atoms with Crippen molar-refractivity contribution >= 4 is 11.8 Å². The molecule has 0 radical (unpaired) electrons. The maximum atomic E-state index is 12.7. The van der Waals surface area contributed by atoms with Gasteiger partial charge >= 0.3 is 0 Å². The smallest absolute Gasteiger partial charge is 0.255 e. The molecule has 1 saturated heterocycles. The highest BCUT2D eigenvalue weighted by Crippen LogP contribution is 2.17. The first kappa shape index (κ1) is 16.4. The highest BCUT2D eigenvalue weighted by Gasteiger charge is 2.27. The minimum absolute atomic E-state index is 0.0365. The van der Waals surface area contributed by atoms with Crippen molar-refractivity contribution in [1.29, 1.82) is 0 Å². The van der Waals surface area contributed by atoms with Crippen LogP contribution in [0, 0.1) is 13.8 Å². The van der Waals surface area contributed by atoms with Gasteiger partial charge in [0.1, 0.15) is 0 Å². The molecule has 0 spiro atoms. The highest BCUT2D eigenvalue weighted by molar-refractivity contribution is 5.96. The molecule has 0 aliphatic carbocycles. The van der Waals surface area contributed by atoms with E-state index < -0.39 is 0 Å². The molecule has 0 unspecified atom stereocenters. The summed E-state index contributed by atoms with van der Waals surface area (Å²) in [7, 11) is 3.87.